The first kappa shape index (κ1) is 27.0. The smallest absolute Gasteiger partial charge is 0.408 e. The molecule has 0 aliphatic carbocycles. The number of hydrogen-bond donors (Lipinski definition) is 2. The number of carbonyl (C=O) groups excluding carboxylic acids is 1. The average molecular weight is 513 g/mol. The summed E-state index contributed by atoms with van der Waals surface area (Å²) in [5.74, 6) is -1.22. The van der Waals surface area contributed by atoms with Gasteiger partial charge in [-0.05, 0) is 57.0 Å². The summed E-state index contributed by atoms with van der Waals surface area (Å²) in [6.45, 7) is 7.19. The van der Waals surface area contributed by atoms with E-state index in [1.807, 2.05) is 30.3 Å². The maximum absolute atomic E-state index is 15.9. The monoisotopic (exact) mass is 512 g/mol. The maximum atomic E-state index is 15.9. The second-order valence-electron chi connectivity index (χ2n) is 9.43. The van der Waals surface area contributed by atoms with E-state index in [1.54, 1.807) is 27.7 Å². The molecule has 3 aromatic rings. The standard InChI is InChI=1S/C28H30ClFN2O4/c1-5-22(32(27(34)35)28(2,3)4)19-12-13-20(29)24(25(19)30)26(33)18-11-14-21(31)23(15-18)36-16-17-9-7-6-8-10-17/h6-15,22H,5,16,31H2,1-4H3,(H,34,35)/t22-/m1/s1. The summed E-state index contributed by atoms with van der Waals surface area (Å²) in [6, 6.07) is 15.9. The number of ketones is 1. The van der Waals surface area contributed by atoms with E-state index < -0.39 is 29.3 Å². The van der Waals surface area contributed by atoms with Gasteiger partial charge in [0.1, 0.15) is 18.2 Å². The number of hydrogen-bond acceptors (Lipinski definition) is 4. The van der Waals surface area contributed by atoms with Gasteiger partial charge in [0.05, 0.1) is 22.3 Å². The lowest BCUT2D eigenvalue weighted by Crippen LogP contribution is -2.47. The topological polar surface area (TPSA) is 92.9 Å². The number of rotatable bonds is 8. The largest absolute Gasteiger partial charge is 0.487 e. The van der Waals surface area contributed by atoms with Crippen molar-refractivity contribution in [2.75, 3.05) is 5.73 Å². The zero-order chi connectivity index (χ0) is 26.6. The molecule has 0 unspecified atom stereocenters. The predicted molar refractivity (Wildman–Crippen MR) is 139 cm³/mol. The molecule has 0 aromatic heterocycles. The fraction of sp³-hybridized carbons (Fsp3) is 0.286. The fourth-order valence-corrected chi connectivity index (χ4v) is 4.38. The van der Waals surface area contributed by atoms with E-state index in [9.17, 15) is 14.7 Å². The maximum Gasteiger partial charge on any atom is 0.408 e. The molecule has 0 radical (unpaired) electrons. The van der Waals surface area contributed by atoms with Crippen molar-refractivity contribution in [3.05, 3.63) is 93.8 Å². The van der Waals surface area contributed by atoms with Crippen LogP contribution in [0.25, 0.3) is 0 Å². The Morgan fingerprint density at radius 3 is 2.36 bits per heavy atom. The Kier molecular flexibility index (Phi) is 8.25. The van der Waals surface area contributed by atoms with Gasteiger partial charge in [0.2, 0.25) is 0 Å². The van der Waals surface area contributed by atoms with Gasteiger partial charge in [-0.1, -0.05) is 54.9 Å². The van der Waals surface area contributed by atoms with Crippen LogP contribution >= 0.6 is 11.6 Å². The summed E-state index contributed by atoms with van der Waals surface area (Å²) in [7, 11) is 0. The molecule has 8 heteroatoms. The van der Waals surface area contributed by atoms with E-state index >= 15 is 4.39 Å². The molecule has 0 aliphatic rings. The van der Waals surface area contributed by atoms with Crippen LogP contribution in [0.1, 0.15) is 67.2 Å². The molecule has 0 spiro atoms. The zero-order valence-electron chi connectivity index (χ0n) is 20.7. The van der Waals surface area contributed by atoms with Gasteiger partial charge in [-0.25, -0.2) is 9.18 Å². The highest BCUT2D eigenvalue weighted by Gasteiger charge is 2.36. The van der Waals surface area contributed by atoms with E-state index in [0.717, 1.165) is 5.56 Å². The summed E-state index contributed by atoms with van der Waals surface area (Å²) in [4.78, 5) is 26.7. The van der Waals surface area contributed by atoms with Crippen molar-refractivity contribution in [2.24, 2.45) is 0 Å². The van der Waals surface area contributed by atoms with Gasteiger partial charge in [0.25, 0.3) is 0 Å². The first-order valence-electron chi connectivity index (χ1n) is 11.6. The van der Waals surface area contributed by atoms with E-state index in [0.29, 0.717) is 12.1 Å². The van der Waals surface area contributed by atoms with Crippen molar-refractivity contribution in [1.29, 1.82) is 0 Å². The first-order chi connectivity index (χ1) is 17.0. The molecule has 36 heavy (non-hydrogen) atoms. The van der Waals surface area contributed by atoms with Crippen LogP contribution in [0.4, 0.5) is 14.9 Å². The minimum atomic E-state index is -1.18. The molecule has 0 heterocycles. The lowest BCUT2D eigenvalue weighted by atomic mass is 9.92. The van der Waals surface area contributed by atoms with Gasteiger partial charge >= 0.3 is 6.09 Å². The van der Waals surface area contributed by atoms with Crippen molar-refractivity contribution in [3.63, 3.8) is 0 Å². The number of halogens is 2. The van der Waals surface area contributed by atoms with E-state index in [4.69, 9.17) is 22.1 Å². The third-order valence-corrected chi connectivity index (χ3v) is 6.16. The van der Waals surface area contributed by atoms with Gasteiger partial charge in [0.15, 0.2) is 5.78 Å². The summed E-state index contributed by atoms with van der Waals surface area (Å²) >= 11 is 6.29. The zero-order valence-corrected chi connectivity index (χ0v) is 21.5. The Morgan fingerprint density at radius 2 is 1.78 bits per heavy atom. The summed E-state index contributed by atoms with van der Waals surface area (Å²) in [5.41, 5.74) is 6.38. The number of ether oxygens (including phenoxy) is 1. The minimum Gasteiger partial charge on any atom is -0.487 e. The van der Waals surface area contributed by atoms with Crippen molar-refractivity contribution in [1.82, 2.24) is 4.90 Å². The number of nitrogens with two attached hydrogens (primary N) is 1. The molecule has 1 amide bonds. The number of anilines is 1. The number of benzene rings is 3. The van der Waals surface area contributed by atoms with Gasteiger partial charge in [0, 0.05) is 16.7 Å². The van der Waals surface area contributed by atoms with Crippen LogP contribution in [0.15, 0.2) is 60.7 Å². The fourth-order valence-electron chi connectivity index (χ4n) is 4.14. The molecule has 6 nitrogen and oxygen atoms in total. The van der Waals surface area contributed by atoms with E-state index in [1.165, 1.54) is 35.2 Å². The van der Waals surface area contributed by atoms with Crippen LogP contribution in [0, 0.1) is 5.82 Å². The highest BCUT2D eigenvalue weighted by Crippen LogP contribution is 2.36. The quantitative estimate of drug-likeness (QED) is 0.248. The Bertz CT molecular complexity index is 1260. The van der Waals surface area contributed by atoms with Crippen LogP contribution in [0.3, 0.4) is 0 Å². The third kappa shape index (κ3) is 5.79. The van der Waals surface area contributed by atoms with Gasteiger partial charge in [-0.3, -0.25) is 9.69 Å². The molecule has 3 N–H and O–H groups in total. The molecule has 0 bridgehead atoms. The summed E-state index contributed by atoms with van der Waals surface area (Å²) in [6.07, 6.45) is -0.884. The van der Waals surface area contributed by atoms with Crippen molar-refractivity contribution >= 4 is 29.2 Å². The van der Waals surface area contributed by atoms with Crippen LogP contribution in [-0.4, -0.2) is 27.4 Å². The molecule has 0 fully saturated rings. The number of carbonyl (C=O) groups is 2. The SMILES string of the molecule is CC[C@H](c1ccc(Cl)c(C(=O)c2ccc(N)c(OCc3ccccc3)c2)c1F)N(C(=O)O)C(C)(C)C. The third-order valence-electron chi connectivity index (χ3n) is 5.85. The average Bonchev–Trinajstić information content (AvgIpc) is 2.82. The van der Waals surface area contributed by atoms with Gasteiger partial charge in [-0.15, -0.1) is 0 Å². The van der Waals surface area contributed by atoms with Crippen LogP contribution in [0.2, 0.25) is 5.02 Å². The van der Waals surface area contributed by atoms with Crippen LogP contribution in [0.5, 0.6) is 5.75 Å². The van der Waals surface area contributed by atoms with Crippen LogP contribution in [-0.2, 0) is 6.61 Å². The van der Waals surface area contributed by atoms with Crippen molar-refractivity contribution in [3.8, 4) is 5.75 Å². The van der Waals surface area contributed by atoms with E-state index in [-0.39, 0.29) is 34.1 Å². The highest BCUT2D eigenvalue weighted by molar-refractivity contribution is 6.35. The van der Waals surface area contributed by atoms with E-state index in [2.05, 4.69) is 0 Å². The molecule has 1 atom stereocenters. The molecule has 0 saturated heterocycles. The Hall–Kier alpha value is -3.58. The Balaban J connectivity index is 2.00. The van der Waals surface area contributed by atoms with Gasteiger partial charge < -0.3 is 15.6 Å². The Labute approximate surface area is 215 Å². The lowest BCUT2D eigenvalue weighted by Gasteiger charge is -2.39. The number of amides is 1. The minimum absolute atomic E-state index is 0.0719. The Morgan fingerprint density at radius 1 is 1.11 bits per heavy atom. The number of carboxylic acid groups (broad SMARTS) is 1. The summed E-state index contributed by atoms with van der Waals surface area (Å²) < 4.78 is 21.7. The molecule has 190 valence electrons. The van der Waals surface area contributed by atoms with Crippen molar-refractivity contribution in [2.45, 2.75) is 52.3 Å². The number of nitrogens with zero attached hydrogens (tertiary/aromatic N) is 1. The molecular weight excluding hydrogens is 483 g/mol. The molecule has 0 saturated carbocycles. The van der Waals surface area contributed by atoms with Gasteiger partial charge in [-0.2, -0.15) is 0 Å². The first-order valence-corrected chi connectivity index (χ1v) is 11.9. The molecule has 3 rings (SSSR count). The number of nitrogen functional groups attached to an aromatic ring is 1. The summed E-state index contributed by atoms with van der Waals surface area (Å²) in [5, 5.41) is 9.78. The highest BCUT2D eigenvalue weighted by atomic mass is 35.5. The van der Waals surface area contributed by atoms with Crippen LogP contribution < -0.4 is 10.5 Å². The molecular formula is C28H30ClFN2O4. The normalized spacial score (nSPS) is 12.2. The lowest BCUT2D eigenvalue weighted by molar-refractivity contribution is 0.0671. The second-order valence-corrected chi connectivity index (χ2v) is 9.84. The molecule has 3 aromatic carbocycles. The van der Waals surface area contributed by atoms with Crippen molar-refractivity contribution < 1.29 is 23.8 Å². The molecule has 0 aliphatic heterocycles. The predicted octanol–water partition coefficient (Wildman–Crippen LogP) is 7.10. The second kappa shape index (κ2) is 11.0.